The minimum Gasteiger partial charge on any atom is -0.481 e. The van der Waals surface area contributed by atoms with Crippen molar-refractivity contribution in [1.82, 2.24) is 5.32 Å². The molecule has 1 rings (SSSR count). The molecule has 0 aliphatic carbocycles. The molecule has 1 unspecified atom stereocenters. The van der Waals surface area contributed by atoms with Gasteiger partial charge in [-0.05, 0) is 19.4 Å². The van der Waals surface area contributed by atoms with Gasteiger partial charge in [-0.1, -0.05) is 30.3 Å². The van der Waals surface area contributed by atoms with Crippen molar-refractivity contribution in [3.8, 4) is 0 Å². The molecule has 0 heterocycles. The highest BCUT2D eigenvalue weighted by Gasteiger charge is 2.54. The van der Waals surface area contributed by atoms with Crippen LogP contribution in [-0.4, -0.2) is 29.4 Å². The summed E-state index contributed by atoms with van der Waals surface area (Å²) in [6, 6.07) is 5.80. The van der Waals surface area contributed by atoms with Crippen LogP contribution in [0.4, 0.5) is 18.0 Å². The number of rotatable bonds is 5. The van der Waals surface area contributed by atoms with Crippen molar-refractivity contribution in [3.05, 3.63) is 35.9 Å². The third-order valence-corrected chi connectivity index (χ3v) is 3.08. The first-order chi connectivity index (χ1) is 10.0. The molecule has 0 spiro atoms. The number of aliphatic carboxylic acids is 1. The second-order valence-corrected chi connectivity index (χ2v) is 5.21. The summed E-state index contributed by atoms with van der Waals surface area (Å²) < 4.78 is 43.6. The maximum absolute atomic E-state index is 13.0. The zero-order chi connectivity index (χ0) is 17.0. The van der Waals surface area contributed by atoms with E-state index >= 15 is 0 Å². The van der Waals surface area contributed by atoms with Crippen LogP contribution in [0.3, 0.4) is 0 Å². The molecule has 1 amide bonds. The molecule has 0 aliphatic heterocycles. The zero-order valence-corrected chi connectivity index (χ0v) is 12.0. The van der Waals surface area contributed by atoms with Crippen molar-refractivity contribution in [1.29, 1.82) is 0 Å². The van der Waals surface area contributed by atoms with E-state index in [1.165, 1.54) is 0 Å². The molecule has 0 bridgehead atoms. The van der Waals surface area contributed by atoms with Crippen molar-refractivity contribution in [2.45, 2.75) is 32.7 Å². The molecule has 1 aromatic carbocycles. The summed E-state index contributed by atoms with van der Waals surface area (Å²) in [4.78, 5) is 22.5. The number of nitrogens with one attached hydrogen (secondary N) is 1. The molecule has 122 valence electrons. The molecule has 1 atom stereocenters. The second kappa shape index (κ2) is 6.67. The lowest BCUT2D eigenvalue weighted by Gasteiger charge is -2.32. The lowest BCUT2D eigenvalue weighted by atomic mass is 9.84. The Kier molecular flexibility index (Phi) is 5.40. The fourth-order valence-electron chi connectivity index (χ4n) is 1.68. The van der Waals surface area contributed by atoms with Gasteiger partial charge in [-0.15, -0.1) is 0 Å². The molecule has 1 aromatic rings. The molecule has 0 saturated heterocycles. The monoisotopic (exact) mass is 319 g/mol. The number of carboxylic acid groups (broad SMARTS) is 1. The highest BCUT2D eigenvalue weighted by atomic mass is 19.4. The number of carbonyl (C=O) groups excluding carboxylic acids is 1. The smallest absolute Gasteiger partial charge is 0.409 e. The van der Waals surface area contributed by atoms with Crippen LogP contribution in [0.25, 0.3) is 0 Å². The fourth-order valence-corrected chi connectivity index (χ4v) is 1.68. The van der Waals surface area contributed by atoms with Crippen LogP contribution < -0.4 is 5.32 Å². The van der Waals surface area contributed by atoms with Gasteiger partial charge in [0.2, 0.25) is 0 Å². The zero-order valence-electron chi connectivity index (χ0n) is 12.0. The normalized spacial score (nSPS) is 13.3. The second-order valence-electron chi connectivity index (χ2n) is 5.21. The van der Waals surface area contributed by atoms with Crippen LogP contribution in [0.1, 0.15) is 19.4 Å². The molecule has 0 aliphatic rings. The third kappa shape index (κ3) is 4.64. The van der Waals surface area contributed by atoms with Crippen molar-refractivity contribution in [3.63, 3.8) is 0 Å². The summed E-state index contributed by atoms with van der Waals surface area (Å²) in [5.41, 5.74) is -1.64. The average molecular weight is 319 g/mol. The number of amides is 1. The lowest BCUT2D eigenvalue weighted by Crippen LogP contribution is -2.57. The standard InChI is InChI=1S/C14H16F3NO4/c1-13(2,11(19)20)10(14(15,16)17)18-12(21)22-8-9-6-4-3-5-7-9/h3-7,10H,8H2,1-2H3,(H,18,21)(H,19,20). The Bertz CT molecular complexity index is 529. The molecule has 2 N–H and O–H groups in total. The van der Waals surface area contributed by atoms with Gasteiger partial charge in [0.15, 0.2) is 0 Å². The summed E-state index contributed by atoms with van der Waals surface area (Å²) in [6.45, 7) is 1.54. The van der Waals surface area contributed by atoms with Crippen LogP contribution in [-0.2, 0) is 16.1 Å². The Morgan fingerprint density at radius 3 is 2.23 bits per heavy atom. The van der Waals surface area contributed by atoms with Crippen LogP contribution in [0, 0.1) is 5.41 Å². The van der Waals surface area contributed by atoms with Gasteiger partial charge in [-0.2, -0.15) is 13.2 Å². The van der Waals surface area contributed by atoms with Gasteiger partial charge < -0.3 is 15.2 Å². The van der Waals surface area contributed by atoms with E-state index < -0.39 is 29.7 Å². The summed E-state index contributed by atoms with van der Waals surface area (Å²) in [5, 5.41) is 10.5. The van der Waals surface area contributed by atoms with Gasteiger partial charge >= 0.3 is 18.2 Å². The molecular weight excluding hydrogens is 303 g/mol. The van der Waals surface area contributed by atoms with E-state index in [1.54, 1.807) is 35.6 Å². The number of carboxylic acids is 1. The van der Waals surface area contributed by atoms with Gasteiger partial charge in [-0.3, -0.25) is 4.79 Å². The fraction of sp³-hybridized carbons (Fsp3) is 0.429. The average Bonchev–Trinajstić information content (AvgIpc) is 2.42. The lowest BCUT2D eigenvalue weighted by molar-refractivity contribution is -0.190. The SMILES string of the molecule is CC(C)(C(=O)O)C(NC(=O)OCc1ccccc1)C(F)(F)F. The molecule has 22 heavy (non-hydrogen) atoms. The van der Waals surface area contributed by atoms with E-state index in [2.05, 4.69) is 4.74 Å². The van der Waals surface area contributed by atoms with E-state index in [-0.39, 0.29) is 6.61 Å². The van der Waals surface area contributed by atoms with Crippen LogP contribution in [0.2, 0.25) is 0 Å². The molecule has 0 fully saturated rings. The van der Waals surface area contributed by atoms with Gasteiger partial charge in [0.1, 0.15) is 12.6 Å². The summed E-state index contributed by atoms with van der Waals surface area (Å²) >= 11 is 0. The Morgan fingerprint density at radius 2 is 1.77 bits per heavy atom. The van der Waals surface area contributed by atoms with Crippen molar-refractivity contribution in [2.75, 3.05) is 0 Å². The predicted molar refractivity (Wildman–Crippen MR) is 71.0 cm³/mol. The molecule has 0 saturated carbocycles. The molecule has 0 aromatic heterocycles. The predicted octanol–water partition coefficient (Wildman–Crippen LogP) is 2.95. The highest BCUT2D eigenvalue weighted by Crippen LogP contribution is 2.34. The maximum atomic E-state index is 13.0. The summed E-state index contributed by atoms with van der Waals surface area (Å²) in [7, 11) is 0. The number of benzene rings is 1. The van der Waals surface area contributed by atoms with E-state index in [0.29, 0.717) is 5.56 Å². The molecule has 5 nitrogen and oxygen atoms in total. The number of hydrogen-bond donors (Lipinski definition) is 2. The van der Waals surface area contributed by atoms with Gasteiger partial charge in [0.25, 0.3) is 0 Å². The molecule has 8 heteroatoms. The van der Waals surface area contributed by atoms with E-state index in [9.17, 15) is 22.8 Å². The van der Waals surface area contributed by atoms with Crippen LogP contribution >= 0.6 is 0 Å². The van der Waals surface area contributed by atoms with Crippen molar-refractivity contribution < 1.29 is 32.6 Å². The maximum Gasteiger partial charge on any atom is 0.409 e. The highest BCUT2D eigenvalue weighted by molar-refractivity contribution is 5.76. The van der Waals surface area contributed by atoms with Gasteiger partial charge in [0, 0.05) is 0 Å². The Labute approximate surface area is 125 Å². The van der Waals surface area contributed by atoms with Gasteiger partial charge in [-0.25, -0.2) is 4.79 Å². The minimum atomic E-state index is -4.92. The summed E-state index contributed by atoms with van der Waals surface area (Å²) in [5.74, 6) is -1.68. The molecule has 0 radical (unpaired) electrons. The van der Waals surface area contributed by atoms with Crippen LogP contribution in [0.5, 0.6) is 0 Å². The number of ether oxygens (including phenoxy) is 1. The number of carbonyl (C=O) groups is 2. The third-order valence-electron chi connectivity index (χ3n) is 3.08. The van der Waals surface area contributed by atoms with E-state index in [1.807, 2.05) is 0 Å². The largest absolute Gasteiger partial charge is 0.481 e. The quantitative estimate of drug-likeness (QED) is 0.875. The first-order valence-corrected chi connectivity index (χ1v) is 6.32. The Hall–Kier alpha value is -2.25. The number of halogens is 3. The van der Waals surface area contributed by atoms with Gasteiger partial charge in [0.05, 0.1) is 5.41 Å². The Morgan fingerprint density at radius 1 is 1.23 bits per heavy atom. The van der Waals surface area contributed by atoms with E-state index in [0.717, 1.165) is 13.8 Å². The van der Waals surface area contributed by atoms with Crippen molar-refractivity contribution >= 4 is 12.1 Å². The minimum absolute atomic E-state index is 0.218. The number of hydrogen-bond acceptors (Lipinski definition) is 3. The van der Waals surface area contributed by atoms with E-state index in [4.69, 9.17) is 5.11 Å². The first-order valence-electron chi connectivity index (χ1n) is 6.32. The Balaban J connectivity index is 2.74. The van der Waals surface area contributed by atoms with Crippen LogP contribution in [0.15, 0.2) is 30.3 Å². The molecular formula is C14H16F3NO4. The number of alkyl halides is 3. The van der Waals surface area contributed by atoms with Crippen molar-refractivity contribution in [2.24, 2.45) is 5.41 Å². The first kappa shape index (κ1) is 17.8. The number of alkyl carbamates (subject to hydrolysis) is 1. The summed E-state index contributed by atoms with van der Waals surface area (Å²) in [6.07, 6.45) is -6.26. The topological polar surface area (TPSA) is 75.6 Å².